The van der Waals surface area contributed by atoms with Crippen LogP contribution in [0.3, 0.4) is 0 Å². The van der Waals surface area contributed by atoms with E-state index in [1.165, 1.54) is 19.3 Å². The molecule has 1 fully saturated rings. The molecule has 1 saturated carbocycles. The van der Waals surface area contributed by atoms with Crippen LogP contribution < -0.4 is 10.5 Å². The molecule has 0 heterocycles. The summed E-state index contributed by atoms with van der Waals surface area (Å²) >= 11 is 0. The molecule has 0 saturated heterocycles. The van der Waals surface area contributed by atoms with E-state index < -0.39 is 10.0 Å². The summed E-state index contributed by atoms with van der Waals surface area (Å²) in [4.78, 5) is 0.332. The molecule has 0 unspecified atom stereocenters. The van der Waals surface area contributed by atoms with E-state index in [0.717, 1.165) is 18.8 Å². The van der Waals surface area contributed by atoms with Gasteiger partial charge in [-0.05, 0) is 55.4 Å². The van der Waals surface area contributed by atoms with E-state index in [1.54, 1.807) is 25.1 Å². The van der Waals surface area contributed by atoms with Crippen molar-refractivity contribution in [2.24, 2.45) is 11.8 Å². The van der Waals surface area contributed by atoms with Crippen LogP contribution in [-0.4, -0.2) is 15.0 Å². The third-order valence-electron chi connectivity index (χ3n) is 4.59. The van der Waals surface area contributed by atoms with Gasteiger partial charge in [-0.15, -0.1) is 0 Å². The molecule has 0 aliphatic heterocycles. The van der Waals surface area contributed by atoms with Gasteiger partial charge in [0.1, 0.15) is 0 Å². The van der Waals surface area contributed by atoms with Crippen molar-refractivity contribution in [2.75, 3.05) is 12.3 Å². The highest BCUT2D eigenvalue weighted by Crippen LogP contribution is 2.30. The summed E-state index contributed by atoms with van der Waals surface area (Å²) in [5.41, 5.74) is 6.95. The third kappa shape index (κ3) is 4.20. The van der Waals surface area contributed by atoms with Crippen molar-refractivity contribution in [1.29, 1.82) is 0 Å². The summed E-state index contributed by atoms with van der Waals surface area (Å²) in [7, 11) is -3.43. The van der Waals surface area contributed by atoms with E-state index in [2.05, 4.69) is 11.6 Å². The highest BCUT2D eigenvalue weighted by Gasteiger charge is 2.23. The van der Waals surface area contributed by atoms with Crippen LogP contribution >= 0.6 is 0 Å². The van der Waals surface area contributed by atoms with Crippen molar-refractivity contribution in [3.63, 3.8) is 0 Å². The molecule has 0 amide bonds. The summed E-state index contributed by atoms with van der Waals surface area (Å²) in [5.74, 6) is 1.30. The Morgan fingerprint density at radius 2 is 1.81 bits per heavy atom. The molecular formula is C16H26N2O2S. The van der Waals surface area contributed by atoms with Gasteiger partial charge in [0.2, 0.25) is 10.0 Å². The molecule has 0 aromatic heterocycles. The molecule has 0 bridgehead atoms. The number of hydrogen-bond acceptors (Lipinski definition) is 3. The number of benzene rings is 1. The first-order valence-corrected chi connectivity index (χ1v) is 9.26. The molecule has 0 radical (unpaired) electrons. The molecular weight excluding hydrogens is 284 g/mol. The van der Waals surface area contributed by atoms with E-state index in [0.29, 0.717) is 28.6 Å². The minimum atomic E-state index is -3.43. The second-order valence-electron chi connectivity index (χ2n) is 6.17. The van der Waals surface area contributed by atoms with Crippen LogP contribution in [0.4, 0.5) is 5.69 Å². The topological polar surface area (TPSA) is 72.2 Å². The molecule has 21 heavy (non-hydrogen) atoms. The van der Waals surface area contributed by atoms with E-state index >= 15 is 0 Å². The van der Waals surface area contributed by atoms with E-state index in [4.69, 9.17) is 5.73 Å². The Balaban J connectivity index is 1.96. The lowest BCUT2D eigenvalue weighted by molar-refractivity contribution is 0.270. The van der Waals surface area contributed by atoms with Gasteiger partial charge in [0.15, 0.2) is 0 Å². The van der Waals surface area contributed by atoms with Crippen LogP contribution in [0.5, 0.6) is 0 Å². The molecule has 0 atom stereocenters. The Hall–Kier alpha value is -1.07. The van der Waals surface area contributed by atoms with Crippen LogP contribution in [0.2, 0.25) is 0 Å². The van der Waals surface area contributed by atoms with Gasteiger partial charge in [-0.25, -0.2) is 13.1 Å². The molecule has 1 aliphatic carbocycles. The molecule has 1 aliphatic rings. The predicted octanol–water partition coefficient (Wildman–Crippen LogP) is 3.07. The zero-order valence-corrected chi connectivity index (χ0v) is 13.7. The Kier molecular flexibility index (Phi) is 5.27. The van der Waals surface area contributed by atoms with E-state index in [9.17, 15) is 8.42 Å². The second kappa shape index (κ2) is 6.79. The van der Waals surface area contributed by atoms with Crippen molar-refractivity contribution in [1.82, 2.24) is 4.72 Å². The molecule has 1 aromatic carbocycles. The lowest BCUT2D eigenvalue weighted by atomic mass is 9.81. The van der Waals surface area contributed by atoms with Gasteiger partial charge >= 0.3 is 0 Å². The van der Waals surface area contributed by atoms with Gasteiger partial charge in [-0.2, -0.15) is 0 Å². The van der Waals surface area contributed by atoms with Crippen LogP contribution in [0.25, 0.3) is 0 Å². The molecule has 5 heteroatoms. The zero-order valence-electron chi connectivity index (χ0n) is 12.9. The smallest absolute Gasteiger partial charge is 0.240 e. The minimum absolute atomic E-state index is 0.332. The van der Waals surface area contributed by atoms with Crippen molar-refractivity contribution in [2.45, 2.75) is 50.8 Å². The van der Waals surface area contributed by atoms with Crippen LogP contribution in [0.1, 0.15) is 44.6 Å². The predicted molar refractivity (Wildman–Crippen MR) is 86.5 cm³/mol. The number of nitrogen functional groups attached to an aromatic ring is 1. The maximum Gasteiger partial charge on any atom is 0.240 e. The van der Waals surface area contributed by atoms with Gasteiger partial charge in [0, 0.05) is 12.2 Å². The molecule has 2 rings (SSSR count). The lowest BCUT2D eigenvalue weighted by Gasteiger charge is -2.27. The van der Waals surface area contributed by atoms with Crippen molar-refractivity contribution >= 4 is 15.7 Å². The fourth-order valence-corrected chi connectivity index (χ4v) is 4.46. The summed E-state index contributed by atoms with van der Waals surface area (Å²) in [6.45, 7) is 4.55. The van der Waals surface area contributed by atoms with E-state index in [1.807, 2.05) is 0 Å². The number of nitrogens with two attached hydrogens (primary N) is 1. The Morgan fingerprint density at radius 3 is 2.38 bits per heavy atom. The number of sulfonamides is 1. The van der Waals surface area contributed by atoms with Gasteiger partial charge < -0.3 is 5.73 Å². The molecule has 118 valence electrons. The molecule has 0 spiro atoms. The average Bonchev–Trinajstić information content (AvgIpc) is 2.45. The summed E-state index contributed by atoms with van der Waals surface area (Å²) in [6.07, 6.45) is 5.94. The fraction of sp³-hybridized carbons (Fsp3) is 0.625. The lowest BCUT2D eigenvalue weighted by Crippen LogP contribution is -2.31. The minimum Gasteiger partial charge on any atom is -0.399 e. The highest BCUT2D eigenvalue weighted by molar-refractivity contribution is 7.89. The standard InChI is InChI=1S/C16H26N2O2S/c1-3-13-4-6-14(7-5-13)11-18-21(19,20)16-9-8-15(17)10-12(16)2/h8-10,13-14,18H,3-7,11,17H2,1-2H3. The number of hydrogen-bond donors (Lipinski definition) is 2. The van der Waals surface area contributed by atoms with Gasteiger partial charge in [0.05, 0.1) is 4.90 Å². The first kappa shape index (κ1) is 16.3. The summed E-state index contributed by atoms with van der Waals surface area (Å²) in [6, 6.07) is 4.91. The second-order valence-corrected chi connectivity index (χ2v) is 7.91. The average molecular weight is 310 g/mol. The van der Waals surface area contributed by atoms with Gasteiger partial charge in [-0.1, -0.05) is 26.2 Å². The maximum absolute atomic E-state index is 12.4. The Bertz CT molecular complexity index is 576. The maximum atomic E-state index is 12.4. The normalized spacial score (nSPS) is 23.1. The SMILES string of the molecule is CCC1CCC(CNS(=O)(=O)c2ccc(N)cc2C)CC1. The molecule has 3 N–H and O–H groups in total. The molecule has 1 aromatic rings. The van der Waals surface area contributed by atoms with Crippen LogP contribution in [-0.2, 0) is 10.0 Å². The largest absolute Gasteiger partial charge is 0.399 e. The van der Waals surface area contributed by atoms with Gasteiger partial charge in [0.25, 0.3) is 0 Å². The van der Waals surface area contributed by atoms with Crippen molar-refractivity contribution in [3.05, 3.63) is 23.8 Å². The van der Waals surface area contributed by atoms with E-state index in [-0.39, 0.29) is 0 Å². The summed E-state index contributed by atoms with van der Waals surface area (Å²) in [5, 5.41) is 0. The van der Waals surface area contributed by atoms with Crippen LogP contribution in [0, 0.1) is 18.8 Å². The first-order valence-electron chi connectivity index (χ1n) is 7.78. The number of anilines is 1. The third-order valence-corrected chi connectivity index (χ3v) is 6.18. The van der Waals surface area contributed by atoms with Crippen molar-refractivity contribution in [3.8, 4) is 0 Å². The van der Waals surface area contributed by atoms with Crippen molar-refractivity contribution < 1.29 is 8.42 Å². The first-order chi connectivity index (χ1) is 9.92. The molecule has 4 nitrogen and oxygen atoms in total. The van der Waals surface area contributed by atoms with Crippen LogP contribution in [0.15, 0.2) is 23.1 Å². The Labute approximate surface area is 128 Å². The monoisotopic (exact) mass is 310 g/mol. The highest BCUT2D eigenvalue weighted by atomic mass is 32.2. The number of rotatable bonds is 5. The quantitative estimate of drug-likeness (QED) is 0.821. The fourth-order valence-electron chi connectivity index (χ4n) is 3.12. The Morgan fingerprint density at radius 1 is 1.19 bits per heavy atom. The van der Waals surface area contributed by atoms with Gasteiger partial charge in [-0.3, -0.25) is 0 Å². The number of aryl methyl sites for hydroxylation is 1. The zero-order chi connectivity index (χ0) is 15.5. The summed E-state index contributed by atoms with van der Waals surface area (Å²) < 4.78 is 27.5. The number of nitrogens with one attached hydrogen (secondary N) is 1.